The lowest BCUT2D eigenvalue weighted by atomic mass is 9.91. The zero-order valence-electron chi connectivity index (χ0n) is 15.5. The van der Waals surface area contributed by atoms with Gasteiger partial charge in [0.1, 0.15) is 0 Å². The normalized spacial score (nSPS) is 11.7. The Morgan fingerprint density at radius 3 is 2.22 bits per heavy atom. The van der Waals surface area contributed by atoms with Gasteiger partial charge in [-0.3, -0.25) is 4.99 Å². The van der Waals surface area contributed by atoms with E-state index in [1.54, 1.807) is 0 Å². The van der Waals surface area contributed by atoms with E-state index < -0.39 is 0 Å². The topological polar surface area (TPSA) is 12.4 Å². The van der Waals surface area contributed by atoms with Crippen LogP contribution in [-0.4, -0.2) is 5.71 Å². The molecule has 0 N–H and O–H groups in total. The third-order valence-electron chi connectivity index (χ3n) is 3.83. The predicted molar refractivity (Wildman–Crippen MR) is 105 cm³/mol. The Kier molecular flexibility index (Phi) is 7.74. The number of unbranched alkanes of at least 4 members (excludes halogenated alkanes) is 2. The summed E-state index contributed by atoms with van der Waals surface area (Å²) in [5, 5.41) is 0. The van der Waals surface area contributed by atoms with Gasteiger partial charge in [-0.05, 0) is 57.2 Å². The van der Waals surface area contributed by atoms with Gasteiger partial charge in [-0.2, -0.15) is 0 Å². The first-order chi connectivity index (χ1) is 10.9. The van der Waals surface area contributed by atoms with Crippen LogP contribution in [-0.2, 0) is 0 Å². The predicted octanol–water partition coefficient (Wildman–Crippen LogP) is 6.90. The van der Waals surface area contributed by atoms with Crippen molar-refractivity contribution in [1.29, 1.82) is 0 Å². The van der Waals surface area contributed by atoms with Gasteiger partial charge in [0, 0.05) is 16.8 Å². The largest absolute Gasteiger partial charge is 0.257 e. The van der Waals surface area contributed by atoms with Gasteiger partial charge < -0.3 is 0 Å². The highest BCUT2D eigenvalue weighted by Gasteiger charge is 2.14. The van der Waals surface area contributed by atoms with Gasteiger partial charge in [0.25, 0.3) is 0 Å². The van der Waals surface area contributed by atoms with Crippen LogP contribution in [0.25, 0.3) is 5.70 Å². The number of nitrogens with zero attached hydrogens (tertiary/aromatic N) is 1. The number of hydrogen-bond donors (Lipinski definition) is 0. The van der Waals surface area contributed by atoms with Gasteiger partial charge in [-0.25, -0.2) is 0 Å². The molecule has 0 atom stereocenters. The van der Waals surface area contributed by atoms with E-state index in [2.05, 4.69) is 58.2 Å². The first kappa shape index (κ1) is 19.2. The average Bonchev–Trinajstić information content (AvgIpc) is 2.46. The van der Waals surface area contributed by atoms with Crippen molar-refractivity contribution in [3.63, 3.8) is 0 Å². The van der Waals surface area contributed by atoms with E-state index in [9.17, 15) is 0 Å². The SMILES string of the molecule is C=C(C)/C(C(=C)CCCCC)=C(/N=C(C)C)c1ccccc1C. The van der Waals surface area contributed by atoms with Crippen molar-refractivity contribution < 1.29 is 0 Å². The van der Waals surface area contributed by atoms with Gasteiger partial charge in [0.05, 0.1) is 5.70 Å². The molecule has 1 heteroatoms. The van der Waals surface area contributed by atoms with Crippen LogP contribution >= 0.6 is 0 Å². The summed E-state index contributed by atoms with van der Waals surface area (Å²) in [7, 11) is 0. The molecular weight excluding hydrogens is 278 g/mol. The Bertz CT molecular complexity index is 625. The molecule has 0 amide bonds. The summed E-state index contributed by atoms with van der Waals surface area (Å²) in [6.07, 6.45) is 4.63. The molecule has 0 aliphatic heterocycles. The van der Waals surface area contributed by atoms with E-state index in [1.807, 2.05) is 13.8 Å². The second-order valence-electron chi connectivity index (χ2n) is 6.44. The molecule has 0 unspecified atom stereocenters. The van der Waals surface area contributed by atoms with Gasteiger partial charge in [0.2, 0.25) is 0 Å². The molecule has 1 rings (SSSR count). The minimum Gasteiger partial charge on any atom is -0.257 e. The maximum absolute atomic E-state index is 4.85. The van der Waals surface area contributed by atoms with E-state index in [0.717, 1.165) is 34.5 Å². The van der Waals surface area contributed by atoms with Crippen molar-refractivity contribution in [1.82, 2.24) is 0 Å². The van der Waals surface area contributed by atoms with Crippen LogP contribution in [0.4, 0.5) is 0 Å². The zero-order valence-corrected chi connectivity index (χ0v) is 15.5. The highest BCUT2D eigenvalue weighted by molar-refractivity contribution is 5.89. The number of aliphatic imine (C=N–C) groups is 1. The minimum atomic E-state index is 1.00. The Hall–Kier alpha value is -1.89. The molecule has 0 aliphatic carbocycles. The van der Waals surface area contributed by atoms with Crippen LogP contribution in [0.3, 0.4) is 0 Å². The van der Waals surface area contributed by atoms with Crippen molar-refractivity contribution in [3.05, 3.63) is 65.3 Å². The number of rotatable bonds is 8. The summed E-state index contributed by atoms with van der Waals surface area (Å²) in [5.41, 5.74) is 7.76. The Labute approximate surface area is 142 Å². The average molecular weight is 309 g/mol. The number of aryl methyl sites for hydroxylation is 1. The van der Waals surface area contributed by atoms with Crippen molar-refractivity contribution in [2.24, 2.45) is 4.99 Å². The van der Waals surface area contributed by atoms with Crippen LogP contribution < -0.4 is 0 Å². The molecule has 0 saturated heterocycles. The third-order valence-corrected chi connectivity index (χ3v) is 3.83. The molecule has 1 aromatic rings. The molecular formula is C22H31N. The fourth-order valence-corrected chi connectivity index (χ4v) is 2.70. The molecule has 124 valence electrons. The lowest BCUT2D eigenvalue weighted by Crippen LogP contribution is -1.99. The van der Waals surface area contributed by atoms with Crippen molar-refractivity contribution >= 4 is 11.4 Å². The molecule has 23 heavy (non-hydrogen) atoms. The zero-order chi connectivity index (χ0) is 17.4. The minimum absolute atomic E-state index is 1.00. The lowest BCUT2D eigenvalue weighted by molar-refractivity contribution is 0.717. The van der Waals surface area contributed by atoms with Gasteiger partial charge >= 0.3 is 0 Å². The van der Waals surface area contributed by atoms with E-state index in [0.29, 0.717) is 0 Å². The van der Waals surface area contributed by atoms with Crippen LogP contribution in [0.15, 0.2) is 59.1 Å². The van der Waals surface area contributed by atoms with Gasteiger partial charge in [0.15, 0.2) is 0 Å². The van der Waals surface area contributed by atoms with Crippen LogP contribution in [0.2, 0.25) is 0 Å². The smallest absolute Gasteiger partial charge is 0.0781 e. The van der Waals surface area contributed by atoms with Crippen LogP contribution in [0.1, 0.15) is 64.5 Å². The molecule has 0 radical (unpaired) electrons. The van der Waals surface area contributed by atoms with Crippen molar-refractivity contribution in [2.45, 2.75) is 60.3 Å². The van der Waals surface area contributed by atoms with Crippen molar-refractivity contribution in [2.75, 3.05) is 0 Å². The Morgan fingerprint density at radius 2 is 1.70 bits per heavy atom. The molecule has 0 fully saturated rings. The first-order valence-electron chi connectivity index (χ1n) is 8.54. The van der Waals surface area contributed by atoms with Gasteiger partial charge in [-0.15, -0.1) is 0 Å². The first-order valence-corrected chi connectivity index (χ1v) is 8.54. The summed E-state index contributed by atoms with van der Waals surface area (Å²) in [5.74, 6) is 0. The third kappa shape index (κ3) is 5.67. The van der Waals surface area contributed by atoms with Crippen LogP contribution in [0.5, 0.6) is 0 Å². The maximum atomic E-state index is 4.85. The maximum Gasteiger partial charge on any atom is 0.0781 e. The summed E-state index contributed by atoms with van der Waals surface area (Å²) in [6, 6.07) is 8.40. The molecule has 0 bridgehead atoms. The van der Waals surface area contributed by atoms with Crippen molar-refractivity contribution in [3.8, 4) is 0 Å². The van der Waals surface area contributed by atoms with E-state index >= 15 is 0 Å². The van der Waals surface area contributed by atoms with Crippen LogP contribution in [0, 0.1) is 6.92 Å². The number of hydrogen-bond acceptors (Lipinski definition) is 1. The second kappa shape index (κ2) is 9.29. The molecule has 0 heterocycles. The molecule has 1 nitrogen and oxygen atoms in total. The molecule has 0 aliphatic rings. The van der Waals surface area contributed by atoms with E-state index in [-0.39, 0.29) is 0 Å². The van der Waals surface area contributed by atoms with E-state index in [4.69, 9.17) is 4.99 Å². The summed E-state index contributed by atoms with van der Waals surface area (Å²) < 4.78 is 0. The summed E-state index contributed by atoms with van der Waals surface area (Å²) in [6.45, 7) is 19.0. The second-order valence-corrected chi connectivity index (χ2v) is 6.44. The number of benzene rings is 1. The molecule has 1 aromatic carbocycles. The fourth-order valence-electron chi connectivity index (χ4n) is 2.70. The Balaban J connectivity index is 3.45. The number of allylic oxidation sites excluding steroid dienone is 3. The highest BCUT2D eigenvalue weighted by Crippen LogP contribution is 2.33. The summed E-state index contributed by atoms with van der Waals surface area (Å²) in [4.78, 5) is 4.85. The fraction of sp³-hybridized carbons (Fsp3) is 0.409. The molecule has 0 aromatic heterocycles. The Morgan fingerprint density at radius 1 is 1.04 bits per heavy atom. The molecule has 0 spiro atoms. The lowest BCUT2D eigenvalue weighted by Gasteiger charge is -2.17. The quantitative estimate of drug-likeness (QED) is 0.281. The standard InChI is InChI=1S/C22H31N/c1-8-9-10-14-19(7)21(16(2)3)22(23-17(4)5)20-15-12-11-13-18(20)6/h11-13,15H,2,7-10,14H2,1,3-6H3/b22-21-. The van der Waals surface area contributed by atoms with E-state index in [1.165, 1.54) is 30.4 Å². The summed E-state index contributed by atoms with van der Waals surface area (Å²) >= 11 is 0. The monoisotopic (exact) mass is 309 g/mol. The molecule has 0 saturated carbocycles. The van der Waals surface area contributed by atoms with Gasteiger partial charge in [-0.1, -0.05) is 57.2 Å². The highest BCUT2D eigenvalue weighted by atomic mass is 14.8.